The summed E-state index contributed by atoms with van der Waals surface area (Å²) in [5, 5.41) is 2.19. The molecule has 1 N–H and O–H groups in total. The molecule has 0 aliphatic rings. The Kier molecular flexibility index (Phi) is 6.73. The third-order valence-corrected chi connectivity index (χ3v) is 6.47. The Labute approximate surface area is 165 Å². The van der Waals surface area contributed by atoms with E-state index in [0.29, 0.717) is 11.9 Å². The zero-order valence-corrected chi connectivity index (χ0v) is 16.8. The van der Waals surface area contributed by atoms with E-state index < -0.39 is 32.9 Å². The van der Waals surface area contributed by atoms with E-state index in [-0.39, 0.29) is 9.92 Å². The summed E-state index contributed by atoms with van der Waals surface area (Å²) in [6.07, 6.45) is -3.76. The number of alkyl halides is 3. The van der Waals surface area contributed by atoms with Gasteiger partial charge >= 0.3 is 6.18 Å². The van der Waals surface area contributed by atoms with E-state index in [1.165, 1.54) is 38.4 Å². The van der Waals surface area contributed by atoms with Crippen LogP contribution < -0.4 is 5.32 Å². The quantitative estimate of drug-likeness (QED) is 0.706. The van der Waals surface area contributed by atoms with Crippen LogP contribution in [0.2, 0.25) is 0 Å². The average molecular weight is 433 g/mol. The van der Waals surface area contributed by atoms with E-state index in [9.17, 15) is 26.4 Å². The molecule has 2 aromatic rings. The maximum atomic E-state index is 12.6. The third kappa shape index (κ3) is 5.46. The van der Waals surface area contributed by atoms with Gasteiger partial charge in [-0.15, -0.1) is 0 Å². The van der Waals surface area contributed by atoms with Gasteiger partial charge in [-0.25, -0.2) is 17.7 Å². The molecular formula is C17H18F3N3O3S2. The minimum absolute atomic E-state index is 0.0278. The highest BCUT2D eigenvalue weighted by atomic mass is 32.2. The first-order chi connectivity index (χ1) is 12.9. The van der Waals surface area contributed by atoms with Gasteiger partial charge in [0.15, 0.2) is 0 Å². The van der Waals surface area contributed by atoms with Gasteiger partial charge in [0.25, 0.3) is 0 Å². The van der Waals surface area contributed by atoms with Gasteiger partial charge in [0.2, 0.25) is 15.9 Å². The summed E-state index contributed by atoms with van der Waals surface area (Å²) in [4.78, 5) is 16.1. The summed E-state index contributed by atoms with van der Waals surface area (Å²) in [6.45, 7) is 1.57. The summed E-state index contributed by atoms with van der Waals surface area (Å²) in [7, 11) is -0.847. The van der Waals surface area contributed by atoms with Crippen LogP contribution in [0, 0.1) is 0 Å². The van der Waals surface area contributed by atoms with Crippen molar-refractivity contribution in [3.05, 3.63) is 48.2 Å². The molecule has 0 aliphatic heterocycles. The van der Waals surface area contributed by atoms with Crippen LogP contribution in [0.15, 0.2) is 52.5 Å². The van der Waals surface area contributed by atoms with Gasteiger partial charge in [-0.1, -0.05) is 17.8 Å². The topological polar surface area (TPSA) is 79.4 Å². The van der Waals surface area contributed by atoms with Crippen molar-refractivity contribution in [2.75, 3.05) is 19.4 Å². The van der Waals surface area contributed by atoms with Crippen LogP contribution in [0.3, 0.4) is 0 Å². The molecule has 1 aromatic heterocycles. The number of nitrogens with zero attached hydrogens (tertiary/aromatic N) is 2. The van der Waals surface area contributed by atoms with Crippen LogP contribution >= 0.6 is 11.8 Å². The Morgan fingerprint density at radius 1 is 1.21 bits per heavy atom. The lowest BCUT2D eigenvalue weighted by molar-refractivity contribution is -0.137. The molecule has 1 unspecified atom stereocenters. The van der Waals surface area contributed by atoms with Crippen molar-refractivity contribution in [3.8, 4) is 0 Å². The first-order valence-corrected chi connectivity index (χ1v) is 10.3. The smallest absolute Gasteiger partial charge is 0.325 e. The van der Waals surface area contributed by atoms with Gasteiger partial charge in [0.05, 0.1) is 20.7 Å². The number of thioether (sulfide) groups is 1. The van der Waals surface area contributed by atoms with Gasteiger partial charge < -0.3 is 5.32 Å². The van der Waals surface area contributed by atoms with Gasteiger partial charge in [0, 0.05) is 26.0 Å². The molecule has 0 spiro atoms. The van der Waals surface area contributed by atoms with Crippen LogP contribution in [0.5, 0.6) is 0 Å². The molecular weight excluding hydrogens is 415 g/mol. The second-order valence-corrected chi connectivity index (χ2v) is 9.46. The zero-order valence-electron chi connectivity index (χ0n) is 15.2. The standard InChI is InChI=1S/C17H18F3N3O3S2/c1-11(27-15-8-7-12(10-21-15)17(18,19)20)16(24)22-13-5-4-6-14(9-13)28(25,26)23(2)3/h4-11H,1-3H3,(H,22,24). The molecule has 0 aliphatic carbocycles. The number of rotatable bonds is 6. The van der Waals surface area contributed by atoms with Crippen molar-refractivity contribution in [2.24, 2.45) is 0 Å². The first kappa shape index (κ1) is 22.2. The Morgan fingerprint density at radius 3 is 2.43 bits per heavy atom. The Morgan fingerprint density at radius 2 is 1.89 bits per heavy atom. The fourth-order valence-corrected chi connectivity index (χ4v) is 3.78. The summed E-state index contributed by atoms with van der Waals surface area (Å²) in [5.41, 5.74) is -0.575. The lowest BCUT2D eigenvalue weighted by atomic mass is 10.3. The normalized spacial score (nSPS) is 13.4. The second kappa shape index (κ2) is 8.50. The fourth-order valence-electron chi connectivity index (χ4n) is 2.04. The maximum Gasteiger partial charge on any atom is 0.417 e. The number of benzene rings is 1. The van der Waals surface area contributed by atoms with Crippen LogP contribution in [0.25, 0.3) is 0 Å². The Hall–Kier alpha value is -2.11. The zero-order chi connectivity index (χ0) is 21.1. The predicted octanol–water partition coefficient (Wildman–Crippen LogP) is 3.47. The number of anilines is 1. The van der Waals surface area contributed by atoms with Crippen molar-refractivity contribution in [3.63, 3.8) is 0 Å². The van der Waals surface area contributed by atoms with E-state index in [1.54, 1.807) is 13.0 Å². The number of hydrogen-bond donors (Lipinski definition) is 1. The van der Waals surface area contributed by atoms with Crippen molar-refractivity contribution < 1.29 is 26.4 Å². The lowest BCUT2D eigenvalue weighted by Gasteiger charge is -2.14. The minimum Gasteiger partial charge on any atom is -0.325 e. The van der Waals surface area contributed by atoms with E-state index in [1.807, 2.05) is 0 Å². The molecule has 0 bridgehead atoms. The molecule has 6 nitrogen and oxygen atoms in total. The van der Waals surface area contributed by atoms with Crippen molar-refractivity contribution in [1.29, 1.82) is 0 Å². The van der Waals surface area contributed by atoms with Crippen molar-refractivity contribution in [1.82, 2.24) is 9.29 Å². The Bertz CT molecular complexity index is 946. The summed E-state index contributed by atoms with van der Waals surface area (Å²) < 4.78 is 63.1. The molecule has 0 fully saturated rings. The molecule has 0 saturated carbocycles. The highest BCUT2D eigenvalue weighted by Crippen LogP contribution is 2.30. The number of hydrogen-bond acceptors (Lipinski definition) is 5. The fraction of sp³-hybridized carbons (Fsp3) is 0.294. The number of aromatic nitrogens is 1. The third-order valence-electron chi connectivity index (χ3n) is 3.61. The van der Waals surface area contributed by atoms with E-state index in [4.69, 9.17) is 0 Å². The van der Waals surface area contributed by atoms with Crippen LogP contribution in [-0.4, -0.2) is 43.0 Å². The molecule has 1 amide bonds. The molecule has 0 radical (unpaired) electrons. The summed E-state index contributed by atoms with van der Waals surface area (Å²) in [5.74, 6) is -0.439. The van der Waals surface area contributed by atoms with Gasteiger partial charge in [0.1, 0.15) is 0 Å². The largest absolute Gasteiger partial charge is 0.417 e. The highest BCUT2D eigenvalue weighted by Gasteiger charge is 2.30. The minimum atomic E-state index is -4.48. The second-order valence-electron chi connectivity index (χ2n) is 5.95. The van der Waals surface area contributed by atoms with Crippen LogP contribution in [-0.2, 0) is 21.0 Å². The number of carbonyl (C=O) groups excluding carboxylic acids is 1. The monoisotopic (exact) mass is 433 g/mol. The van der Waals surface area contributed by atoms with Crippen LogP contribution in [0.1, 0.15) is 12.5 Å². The number of sulfonamides is 1. The molecule has 152 valence electrons. The number of pyridine rings is 1. The van der Waals surface area contributed by atoms with Gasteiger partial charge in [-0.05, 0) is 37.3 Å². The molecule has 1 heterocycles. The number of halogens is 3. The van der Waals surface area contributed by atoms with Crippen molar-refractivity contribution >= 4 is 33.4 Å². The lowest BCUT2D eigenvalue weighted by Crippen LogP contribution is -2.24. The summed E-state index contributed by atoms with van der Waals surface area (Å²) in [6, 6.07) is 7.88. The van der Waals surface area contributed by atoms with E-state index in [0.717, 1.165) is 22.1 Å². The number of amides is 1. The number of nitrogens with one attached hydrogen (secondary N) is 1. The van der Waals surface area contributed by atoms with E-state index >= 15 is 0 Å². The van der Waals surface area contributed by atoms with Gasteiger partial charge in [-0.3, -0.25) is 4.79 Å². The first-order valence-electron chi connectivity index (χ1n) is 7.94. The Balaban J connectivity index is 2.07. The average Bonchev–Trinajstić information content (AvgIpc) is 2.61. The van der Waals surface area contributed by atoms with Crippen LogP contribution in [0.4, 0.5) is 18.9 Å². The molecule has 0 saturated heterocycles. The molecule has 11 heteroatoms. The van der Waals surface area contributed by atoms with Gasteiger partial charge in [-0.2, -0.15) is 13.2 Å². The summed E-state index contributed by atoms with van der Waals surface area (Å²) >= 11 is 0.988. The van der Waals surface area contributed by atoms with Crippen molar-refractivity contribution in [2.45, 2.75) is 28.3 Å². The molecule has 28 heavy (non-hydrogen) atoms. The highest BCUT2D eigenvalue weighted by molar-refractivity contribution is 8.00. The molecule has 2 rings (SSSR count). The maximum absolute atomic E-state index is 12.6. The predicted molar refractivity (Wildman–Crippen MR) is 101 cm³/mol. The SMILES string of the molecule is CC(Sc1ccc(C(F)(F)F)cn1)C(=O)Nc1cccc(S(=O)(=O)N(C)C)c1. The van der Waals surface area contributed by atoms with E-state index in [2.05, 4.69) is 10.3 Å². The molecule has 1 aromatic carbocycles. The molecule has 1 atom stereocenters. The number of carbonyl (C=O) groups is 1.